The minimum atomic E-state index is -1.06. The third-order valence-electron chi connectivity index (χ3n) is 2.35. The zero-order valence-corrected chi connectivity index (χ0v) is 11.1. The number of aryl methyl sites for hydroxylation is 1. The van der Waals surface area contributed by atoms with E-state index in [2.05, 4.69) is 4.98 Å². The first-order valence-electron chi connectivity index (χ1n) is 5.28. The number of carbonyl (C=O) groups is 2. The first-order valence-corrected chi connectivity index (χ1v) is 6.16. The molecule has 1 unspecified atom stereocenters. The molecule has 0 aliphatic heterocycles. The number of aromatic nitrogens is 1. The molecule has 0 spiro atoms. The van der Waals surface area contributed by atoms with Gasteiger partial charge in [-0.25, -0.2) is 9.78 Å². The van der Waals surface area contributed by atoms with E-state index in [4.69, 9.17) is 0 Å². The van der Waals surface area contributed by atoms with Gasteiger partial charge in [0.25, 0.3) is 0 Å². The molecule has 1 aromatic heterocycles. The molecule has 0 aliphatic carbocycles. The number of carboxylic acid groups (broad SMARTS) is 1. The van der Waals surface area contributed by atoms with Crippen LogP contribution in [0.5, 0.6) is 0 Å². The lowest BCUT2D eigenvalue weighted by Gasteiger charge is -2.30. The summed E-state index contributed by atoms with van der Waals surface area (Å²) >= 11 is 1.38. The van der Waals surface area contributed by atoms with Crippen LogP contribution in [0.2, 0.25) is 0 Å². The van der Waals surface area contributed by atoms with E-state index in [0.717, 1.165) is 5.01 Å². The van der Waals surface area contributed by atoms with Gasteiger partial charge in [-0.3, -0.25) is 4.79 Å². The Morgan fingerprint density at radius 3 is 2.35 bits per heavy atom. The fourth-order valence-electron chi connectivity index (χ4n) is 1.74. The molecule has 17 heavy (non-hydrogen) atoms. The predicted octanol–water partition coefficient (Wildman–Crippen LogP) is 1.83. The molecule has 0 aromatic carbocycles. The van der Waals surface area contributed by atoms with Crippen LogP contribution in [-0.4, -0.2) is 32.9 Å². The molecule has 1 aromatic rings. The lowest BCUT2D eigenvalue weighted by atomic mass is 10.1. The topological polar surface area (TPSA) is 70.5 Å². The SMILES string of the molecule is CC(=O)N(C(C)C)C(C(=O)O)c1csc(C)n1. The van der Waals surface area contributed by atoms with Gasteiger partial charge in [0.15, 0.2) is 6.04 Å². The number of thiazole rings is 1. The van der Waals surface area contributed by atoms with Crippen molar-refractivity contribution in [1.29, 1.82) is 0 Å². The highest BCUT2D eigenvalue weighted by molar-refractivity contribution is 7.09. The fourth-order valence-corrected chi connectivity index (χ4v) is 2.37. The lowest BCUT2D eigenvalue weighted by molar-refractivity contribution is -0.151. The Balaban J connectivity index is 3.16. The number of hydrogen-bond acceptors (Lipinski definition) is 4. The lowest BCUT2D eigenvalue weighted by Crippen LogP contribution is -2.42. The smallest absolute Gasteiger partial charge is 0.332 e. The number of hydrogen-bond donors (Lipinski definition) is 1. The highest BCUT2D eigenvalue weighted by Crippen LogP contribution is 2.24. The zero-order chi connectivity index (χ0) is 13.2. The second kappa shape index (κ2) is 5.27. The number of aliphatic carboxylic acids is 1. The molecule has 0 radical (unpaired) electrons. The molecule has 1 amide bonds. The molecule has 1 heterocycles. The molecule has 1 N–H and O–H groups in total. The largest absolute Gasteiger partial charge is 0.479 e. The summed E-state index contributed by atoms with van der Waals surface area (Å²) < 4.78 is 0. The van der Waals surface area contributed by atoms with Gasteiger partial charge in [-0.05, 0) is 20.8 Å². The Morgan fingerprint density at radius 2 is 2.06 bits per heavy atom. The maximum atomic E-state index is 11.5. The van der Waals surface area contributed by atoms with Crippen LogP contribution in [0.4, 0.5) is 0 Å². The first-order chi connectivity index (χ1) is 7.84. The van der Waals surface area contributed by atoms with Gasteiger partial charge in [0, 0.05) is 18.3 Å². The third kappa shape index (κ3) is 3.03. The minimum absolute atomic E-state index is 0.185. The van der Waals surface area contributed by atoms with Crippen LogP contribution in [0.1, 0.15) is 37.5 Å². The quantitative estimate of drug-likeness (QED) is 0.892. The van der Waals surface area contributed by atoms with E-state index in [0.29, 0.717) is 5.69 Å². The third-order valence-corrected chi connectivity index (χ3v) is 3.14. The maximum Gasteiger partial charge on any atom is 0.332 e. The maximum absolute atomic E-state index is 11.5. The Labute approximate surface area is 104 Å². The van der Waals surface area contributed by atoms with Gasteiger partial charge in [-0.1, -0.05) is 0 Å². The summed E-state index contributed by atoms with van der Waals surface area (Å²) in [5.41, 5.74) is 0.420. The zero-order valence-electron chi connectivity index (χ0n) is 10.3. The van der Waals surface area contributed by atoms with E-state index in [1.165, 1.54) is 23.2 Å². The summed E-state index contributed by atoms with van der Waals surface area (Å²) in [6, 6.07) is -1.19. The van der Waals surface area contributed by atoms with Crippen LogP contribution in [0, 0.1) is 6.92 Å². The Bertz CT molecular complexity index is 428. The molecular formula is C11H16N2O3S. The molecule has 1 rings (SSSR count). The summed E-state index contributed by atoms with van der Waals surface area (Å²) in [5, 5.41) is 11.8. The molecule has 1 atom stereocenters. The summed E-state index contributed by atoms with van der Waals surface area (Å²) in [4.78, 5) is 28.4. The van der Waals surface area contributed by atoms with E-state index >= 15 is 0 Å². The van der Waals surface area contributed by atoms with Gasteiger partial charge in [-0.15, -0.1) is 11.3 Å². The van der Waals surface area contributed by atoms with E-state index in [9.17, 15) is 14.7 Å². The van der Waals surface area contributed by atoms with Crippen molar-refractivity contribution in [1.82, 2.24) is 9.88 Å². The summed E-state index contributed by atoms with van der Waals surface area (Å²) in [7, 11) is 0. The van der Waals surface area contributed by atoms with Crippen LogP contribution in [0.3, 0.4) is 0 Å². The second-order valence-corrected chi connectivity index (χ2v) is 5.11. The van der Waals surface area contributed by atoms with Crippen molar-refractivity contribution in [3.05, 3.63) is 16.1 Å². The highest BCUT2D eigenvalue weighted by Gasteiger charge is 2.32. The molecule has 0 aliphatic rings. The average Bonchev–Trinajstić information content (AvgIpc) is 2.58. The van der Waals surface area contributed by atoms with Gasteiger partial charge in [0.1, 0.15) is 0 Å². The van der Waals surface area contributed by atoms with Crippen molar-refractivity contribution >= 4 is 23.2 Å². The Kier molecular flexibility index (Phi) is 4.22. The van der Waals surface area contributed by atoms with Crippen molar-refractivity contribution < 1.29 is 14.7 Å². The van der Waals surface area contributed by atoms with Crippen LogP contribution in [-0.2, 0) is 9.59 Å². The Morgan fingerprint density at radius 1 is 1.47 bits per heavy atom. The summed E-state index contributed by atoms with van der Waals surface area (Å²) in [6.07, 6.45) is 0. The monoisotopic (exact) mass is 256 g/mol. The number of carboxylic acids is 1. The van der Waals surface area contributed by atoms with Crippen molar-refractivity contribution in [3.8, 4) is 0 Å². The van der Waals surface area contributed by atoms with Crippen LogP contribution in [0.25, 0.3) is 0 Å². The van der Waals surface area contributed by atoms with Gasteiger partial charge >= 0.3 is 5.97 Å². The van der Waals surface area contributed by atoms with Gasteiger partial charge in [0.2, 0.25) is 5.91 Å². The number of rotatable bonds is 4. The van der Waals surface area contributed by atoms with Crippen molar-refractivity contribution in [2.24, 2.45) is 0 Å². The van der Waals surface area contributed by atoms with Crippen molar-refractivity contribution in [2.45, 2.75) is 39.8 Å². The minimum Gasteiger partial charge on any atom is -0.479 e. The van der Waals surface area contributed by atoms with Crippen molar-refractivity contribution in [2.75, 3.05) is 0 Å². The molecule has 94 valence electrons. The summed E-state index contributed by atoms with van der Waals surface area (Å²) in [6.45, 7) is 6.75. The summed E-state index contributed by atoms with van der Waals surface area (Å²) in [5.74, 6) is -1.32. The molecule has 6 heteroatoms. The molecule has 0 fully saturated rings. The highest BCUT2D eigenvalue weighted by atomic mass is 32.1. The average molecular weight is 256 g/mol. The van der Waals surface area contributed by atoms with Gasteiger partial charge < -0.3 is 10.0 Å². The second-order valence-electron chi connectivity index (χ2n) is 4.05. The van der Waals surface area contributed by atoms with E-state index < -0.39 is 12.0 Å². The molecule has 0 saturated heterocycles. The van der Waals surface area contributed by atoms with E-state index in [-0.39, 0.29) is 11.9 Å². The normalized spacial score (nSPS) is 12.5. The number of carbonyl (C=O) groups excluding carboxylic acids is 1. The van der Waals surface area contributed by atoms with E-state index in [1.807, 2.05) is 0 Å². The molecule has 0 bridgehead atoms. The fraction of sp³-hybridized carbons (Fsp3) is 0.545. The number of nitrogens with zero attached hydrogens (tertiary/aromatic N) is 2. The van der Waals surface area contributed by atoms with Crippen molar-refractivity contribution in [3.63, 3.8) is 0 Å². The number of amides is 1. The van der Waals surface area contributed by atoms with E-state index in [1.54, 1.807) is 26.2 Å². The first kappa shape index (κ1) is 13.6. The predicted molar refractivity (Wildman–Crippen MR) is 64.9 cm³/mol. The molecule has 5 nitrogen and oxygen atoms in total. The molecule has 0 saturated carbocycles. The van der Waals surface area contributed by atoms with Crippen LogP contribution in [0.15, 0.2) is 5.38 Å². The van der Waals surface area contributed by atoms with Crippen LogP contribution >= 0.6 is 11.3 Å². The van der Waals surface area contributed by atoms with Gasteiger partial charge in [-0.2, -0.15) is 0 Å². The standard InChI is InChI=1S/C11H16N2O3S/c1-6(2)13(8(4)14)10(11(15)16)9-5-17-7(3)12-9/h5-6,10H,1-4H3,(H,15,16). The van der Waals surface area contributed by atoms with Gasteiger partial charge in [0.05, 0.1) is 10.7 Å². The van der Waals surface area contributed by atoms with Crippen LogP contribution < -0.4 is 0 Å². The molecular weight excluding hydrogens is 240 g/mol. The Hall–Kier alpha value is -1.43.